The minimum Gasteiger partial charge on any atom is -0.352 e. The molecule has 26 heavy (non-hydrogen) atoms. The lowest BCUT2D eigenvalue weighted by atomic mass is 10.1. The van der Waals surface area contributed by atoms with Crippen LogP contribution < -0.4 is 10.6 Å². The maximum absolute atomic E-state index is 12.1. The van der Waals surface area contributed by atoms with Crippen LogP contribution in [0.25, 0.3) is 0 Å². The Morgan fingerprint density at radius 3 is 2.54 bits per heavy atom. The number of hydrogen-bond donors (Lipinski definition) is 2. The summed E-state index contributed by atoms with van der Waals surface area (Å²) in [7, 11) is -2.95. The summed E-state index contributed by atoms with van der Waals surface area (Å²) < 4.78 is 22.9. The summed E-state index contributed by atoms with van der Waals surface area (Å²) in [5.74, 6) is 0.412. The van der Waals surface area contributed by atoms with Crippen LogP contribution in [0, 0.1) is 0 Å². The Bertz CT molecular complexity index is 838. The van der Waals surface area contributed by atoms with Gasteiger partial charge in [-0.3, -0.25) is 4.79 Å². The third-order valence-corrected chi connectivity index (χ3v) is 6.02. The zero-order chi connectivity index (χ0) is 18.4. The van der Waals surface area contributed by atoms with Gasteiger partial charge in [-0.1, -0.05) is 30.3 Å². The van der Waals surface area contributed by atoms with E-state index in [0.29, 0.717) is 24.5 Å². The van der Waals surface area contributed by atoms with Gasteiger partial charge in [0.25, 0.3) is 5.91 Å². The van der Waals surface area contributed by atoms with E-state index in [4.69, 9.17) is 0 Å². The molecule has 1 aliphatic rings. The van der Waals surface area contributed by atoms with Gasteiger partial charge in [-0.25, -0.2) is 18.4 Å². The number of benzene rings is 1. The second-order valence-corrected chi connectivity index (χ2v) is 8.61. The average molecular weight is 374 g/mol. The maximum Gasteiger partial charge on any atom is 0.254 e. The lowest BCUT2D eigenvalue weighted by Gasteiger charge is -2.10. The zero-order valence-electron chi connectivity index (χ0n) is 14.4. The van der Waals surface area contributed by atoms with Crippen molar-refractivity contribution in [2.45, 2.75) is 25.3 Å². The van der Waals surface area contributed by atoms with Crippen molar-refractivity contribution >= 4 is 21.7 Å². The van der Waals surface area contributed by atoms with Crippen molar-refractivity contribution in [1.29, 1.82) is 0 Å². The molecule has 2 N–H and O–H groups in total. The zero-order valence-corrected chi connectivity index (χ0v) is 15.2. The Balaban J connectivity index is 1.43. The first-order chi connectivity index (χ1) is 12.5. The molecule has 3 rings (SSSR count). The number of hydrogen-bond acceptors (Lipinski definition) is 6. The number of carbonyl (C=O) groups is 1. The van der Waals surface area contributed by atoms with Gasteiger partial charge in [0.2, 0.25) is 5.95 Å². The molecule has 2 aromatic rings. The predicted molar refractivity (Wildman–Crippen MR) is 99.8 cm³/mol. The van der Waals surface area contributed by atoms with Gasteiger partial charge in [-0.15, -0.1) is 0 Å². The summed E-state index contributed by atoms with van der Waals surface area (Å²) >= 11 is 0. The van der Waals surface area contributed by atoms with Crippen molar-refractivity contribution in [3.05, 3.63) is 53.9 Å². The van der Waals surface area contributed by atoms with Crippen LogP contribution in [0.1, 0.15) is 28.8 Å². The van der Waals surface area contributed by atoms with Gasteiger partial charge in [0.05, 0.1) is 17.1 Å². The van der Waals surface area contributed by atoms with Crippen molar-refractivity contribution in [1.82, 2.24) is 15.3 Å². The molecule has 0 bridgehead atoms. The molecule has 1 aromatic heterocycles. The SMILES string of the molecule is O=C(NCCCc1ccccc1)c1cnc(NC2CCS(=O)(=O)C2)nc1. The molecule has 1 fully saturated rings. The molecule has 1 unspecified atom stereocenters. The van der Waals surface area contributed by atoms with E-state index < -0.39 is 9.84 Å². The molecular weight excluding hydrogens is 352 g/mol. The van der Waals surface area contributed by atoms with Gasteiger partial charge >= 0.3 is 0 Å². The van der Waals surface area contributed by atoms with E-state index in [0.717, 1.165) is 12.8 Å². The second-order valence-electron chi connectivity index (χ2n) is 6.38. The number of rotatable bonds is 7. The maximum atomic E-state index is 12.1. The molecule has 8 heteroatoms. The molecule has 0 spiro atoms. The summed E-state index contributed by atoms with van der Waals surface area (Å²) in [6.07, 6.45) is 5.21. The van der Waals surface area contributed by atoms with Crippen molar-refractivity contribution in [3.8, 4) is 0 Å². The number of nitrogens with zero attached hydrogens (tertiary/aromatic N) is 2. The fourth-order valence-corrected chi connectivity index (χ4v) is 4.53. The van der Waals surface area contributed by atoms with E-state index in [9.17, 15) is 13.2 Å². The minimum atomic E-state index is -2.95. The lowest BCUT2D eigenvalue weighted by molar-refractivity contribution is 0.0952. The first kappa shape index (κ1) is 18.3. The molecule has 7 nitrogen and oxygen atoms in total. The third-order valence-electron chi connectivity index (χ3n) is 4.25. The number of amides is 1. The quantitative estimate of drug-likeness (QED) is 0.711. The summed E-state index contributed by atoms with van der Waals surface area (Å²) in [5, 5.41) is 5.85. The van der Waals surface area contributed by atoms with Gasteiger partial charge in [-0.05, 0) is 24.8 Å². The van der Waals surface area contributed by atoms with E-state index in [2.05, 4.69) is 32.7 Å². The third kappa shape index (κ3) is 5.26. The highest BCUT2D eigenvalue weighted by molar-refractivity contribution is 7.91. The van der Waals surface area contributed by atoms with Gasteiger partial charge in [0, 0.05) is 25.0 Å². The molecule has 1 saturated heterocycles. The monoisotopic (exact) mass is 374 g/mol. The summed E-state index contributed by atoms with van der Waals surface area (Å²) in [4.78, 5) is 20.3. The largest absolute Gasteiger partial charge is 0.352 e. The Morgan fingerprint density at radius 2 is 1.88 bits per heavy atom. The topological polar surface area (TPSA) is 101 Å². The van der Waals surface area contributed by atoms with Gasteiger partial charge in [0.1, 0.15) is 0 Å². The number of aromatic nitrogens is 2. The van der Waals surface area contributed by atoms with Crippen LogP contribution in [-0.4, -0.2) is 48.4 Å². The fraction of sp³-hybridized carbons (Fsp3) is 0.389. The molecule has 0 radical (unpaired) electrons. The predicted octanol–water partition coefficient (Wildman–Crippen LogP) is 1.44. The molecule has 138 valence electrons. The normalized spacial score (nSPS) is 18.4. The molecule has 1 aromatic carbocycles. The molecule has 1 aliphatic heterocycles. The van der Waals surface area contributed by atoms with Crippen molar-refractivity contribution in [2.75, 3.05) is 23.4 Å². The standard InChI is InChI=1S/C18H22N4O3S/c23-17(19-9-4-7-14-5-2-1-3-6-14)15-11-20-18(21-12-15)22-16-8-10-26(24,25)13-16/h1-3,5-6,11-12,16H,4,7-10,13H2,(H,19,23)(H,20,21,22). The van der Waals surface area contributed by atoms with E-state index in [1.807, 2.05) is 18.2 Å². The van der Waals surface area contributed by atoms with Gasteiger partial charge in [-0.2, -0.15) is 0 Å². The molecule has 0 aliphatic carbocycles. The van der Waals surface area contributed by atoms with E-state index >= 15 is 0 Å². The number of aryl methyl sites for hydroxylation is 1. The van der Waals surface area contributed by atoms with Crippen LogP contribution in [0.5, 0.6) is 0 Å². The Hall–Kier alpha value is -2.48. The molecule has 2 heterocycles. The van der Waals surface area contributed by atoms with Crippen LogP contribution in [-0.2, 0) is 16.3 Å². The van der Waals surface area contributed by atoms with Crippen molar-refractivity contribution in [2.24, 2.45) is 0 Å². The second kappa shape index (κ2) is 8.27. The highest BCUT2D eigenvalue weighted by Crippen LogP contribution is 2.15. The van der Waals surface area contributed by atoms with E-state index in [1.54, 1.807) is 0 Å². The van der Waals surface area contributed by atoms with Gasteiger partial charge in [0.15, 0.2) is 9.84 Å². The number of carbonyl (C=O) groups excluding carboxylic acids is 1. The molecule has 1 atom stereocenters. The summed E-state index contributed by atoms with van der Waals surface area (Å²) in [6, 6.07) is 9.95. The number of nitrogens with one attached hydrogen (secondary N) is 2. The van der Waals surface area contributed by atoms with Gasteiger partial charge < -0.3 is 10.6 Å². The van der Waals surface area contributed by atoms with Crippen molar-refractivity contribution < 1.29 is 13.2 Å². The van der Waals surface area contributed by atoms with Crippen molar-refractivity contribution in [3.63, 3.8) is 0 Å². The highest BCUT2D eigenvalue weighted by Gasteiger charge is 2.28. The Morgan fingerprint density at radius 1 is 1.15 bits per heavy atom. The first-order valence-corrected chi connectivity index (χ1v) is 10.5. The average Bonchev–Trinajstić information content (AvgIpc) is 2.98. The Labute approximate surface area is 153 Å². The first-order valence-electron chi connectivity index (χ1n) is 8.63. The summed E-state index contributed by atoms with van der Waals surface area (Å²) in [5.41, 5.74) is 1.63. The van der Waals surface area contributed by atoms with Crippen LogP contribution >= 0.6 is 0 Å². The molecule has 1 amide bonds. The number of sulfone groups is 1. The van der Waals surface area contributed by atoms with Crippen LogP contribution in [0.2, 0.25) is 0 Å². The minimum absolute atomic E-state index is 0.0972. The highest BCUT2D eigenvalue weighted by atomic mass is 32.2. The molecule has 0 saturated carbocycles. The summed E-state index contributed by atoms with van der Waals surface area (Å²) in [6.45, 7) is 0.577. The van der Waals surface area contributed by atoms with Crippen LogP contribution in [0.15, 0.2) is 42.7 Å². The van der Waals surface area contributed by atoms with Crippen LogP contribution in [0.4, 0.5) is 5.95 Å². The smallest absolute Gasteiger partial charge is 0.254 e. The Kier molecular flexibility index (Phi) is 5.82. The van der Waals surface area contributed by atoms with E-state index in [1.165, 1.54) is 18.0 Å². The van der Waals surface area contributed by atoms with E-state index in [-0.39, 0.29) is 23.5 Å². The number of anilines is 1. The molecular formula is C18H22N4O3S. The lowest BCUT2D eigenvalue weighted by Crippen LogP contribution is -2.26. The fourth-order valence-electron chi connectivity index (χ4n) is 2.85. The van der Waals surface area contributed by atoms with Crippen LogP contribution in [0.3, 0.4) is 0 Å².